The summed E-state index contributed by atoms with van der Waals surface area (Å²) in [6.07, 6.45) is 3.78. The van der Waals surface area contributed by atoms with Crippen LogP contribution in [0.3, 0.4) is 0 Å². The quantitative estimate of drug-likeness (QED) is 0.668. The number of nitrogens with one attached hydrogen (secondary N) is 2. The van der Waals surface area contributed by atoms with Gasteiger partial charge in [-0.3, -0.25) is 19.6 Å². The smallest absolute Gasteiger partial charge is 0.323 e. The van der Waals surface area contributed by atoms with Crippen LogP contribution < -0.4 is 10.6 Å². The lowest BCUT2D eigenvalue weighted by Crippen LogP contribution is -2.51. The lowest BCUT2D eigenvalue weighted by molar-refractivity contribution is -0.130. The Balaban J connectivity index is 1.37. The molecule has 1 aliphatic carbocycles. The molecule has 1 aromatic heterocycles. The summed E-state index contributed by atoms with van der Waals surface area (Å²) in [5.74, 6) is 0.378. The van der Waals surface area contributed by atoms with Crippen molar-refractivity contribution < 1.29 is 14.4 Å². The number of piperazine rings is 1. The van der Waals surface area contributed by atoms with Crippen molar-refractivity contribution in [2.75, 3.05) is 36.8 Å². The third kappa shape index (κ3) is 5.67. The first-order chi connectivity index (χ1) is 16.7. The highest BCUT2D eigenvalue weighted by Crippen LogP contribution is 2.33. The first kappa shape index (κ1) is 24.8. The van der Waals surface area contributed by atoms with Crippen molar-refractivity contribution in [1.29, 1.82) is 0 Å². The van der Waals surface area contributed by atoms with Crippen LogP contribution in [0.4, 0.5) is 16.3 Å². The third-order valence-corrected chi connectivity index (χ3v) is 7.07. The summed E-state index contributed by atoms with van der Waals surface area (Å²) in [4.78, 5) is 40.4. The largest absolute Gasteiger partial charge is 0.339 e. The maximum atomic E-state index is 12.8. The molecule has 35 heavy (non-hydrogen) atoms. The monoisotopic (exact) mass is 498 g/mol. The van der Waals surface area contributed by atoms with Crippen molar-refractivity contribution in [3.8, 4) is 11.3 Å². The van der Waals surface area contributed by atoms with Crippen LogP contribution in [0.2, 0.25) is 0 Å². The number of amides is 4. The Morgan fingerprint density at radius 1 is 1.03 bits per heavy atom. The average Bonchev–Trinajstić information content (AvgIpc) is 3.19. The molecule has 1 aliphatic heterocycles. The van der Waals surface area contributed by atoms with E-state index in [-0.39, 0.29) is 29.7 Å². The van der Waals surface area contributed by atoms with E-state index in [9.17, 15) is 14.4 Å². The molecular formula is C25H31ClN6O3. The summed E-state index contributed by atoms with van der Waals surface area (Å²) in [6.45, 7) is 5.63. The summed E-state index contributed by atoms with van der Waals surface area (Å²) in [7, 11) is 1.77. The van der Waals surface area contributed by atoms with Gasteiger partial charge in [0.15, 0.2) is 0 Å². The van der Waals surface area contributed by atoms with Gasteiger partial charge in [-0.1, -0.05) is 36.7 Å². The van der Waals surface area contributed by atoms with Crippen molar-refractivity contribution in [3.63, 3.8) is 0 Å². The lowest BCUT2D eigenvalue weighted by Gasteiger charge is -2.34. The van der Waals surface area contributed by atoms with Crippen molar-refractivity contribution in [3.05, 3.63) is 41.4 Å². The molecule has 186 valence electrons. The Morgan fingerprint density at radius 2 is 1.69 bits per heavy atom. The highest BCUT2D eigenvalue weighted by molar-refractivity contribution is 6.31. The highest BCUT2D eigenvalue weighted by atomic mass is 35.5. The second-order valence-corrected chi connectivity index (χ2v) is 9.59. The molecule has 2 N–H and O–H groups in total. The molecule has 0 spiro atoms. The molecule has 2 unspecified atom stereocenters. The number of hydrogen-bond acceptors (Lipinski definition) is 4. The molecular weight excluding hydrogens is 468 g/mol. The minimum Gasteiger partial charge on any atom is -0.339 e. The number of urea groups is 1. The Kier molecular flexibility index (Phi) is 7.45. The summed E-state index contributed by atoms with van der Waals surface area (Å²) in [5.41, 5.74) is 2.25. The molecule has 0 saturated carbocycles. The number of anilines is 2. The molecule has 4 rings (SSSR count). The van der Waals surface area contributed by atoms with E-state index in [1.165, 1.54) is 6.92 Å². The van der Waals surface area contributed by atoms with E-state index < -0.39 is 0 Å². The van der Waals surface area contributed by atoms with E-state index in [1.54, 1.807) is 21.5 Å². The number of allylic oxidation sites excluding steroid dienone is 1. The fraction of sp³-hybridized carbons (Fsp3) is 0.440. The first-order valence-electron chi connectivity index (χ1n) is 11.8. The molecule has 1 fully saturated rings. The SMILES string of the molecule is CC(=O)N1CCN(C(=O)Nc2cc(-c3ccc(NC(=O)C4C(Cl)=CCCC4C)cc3)nn2C)CC1. The first-order valence-corrected chi connectivity index (χ1v) is 12.2. The molecule has 4 amide bonds. The molecule has 2 aromatic rings. The van der Waals surface area contributed by atoms with Crippen LogP contribution in [-0.2, 0) is 16.6 Å². The van der Waals surface area contributed by atoms with Crippen molar-refractivity contribution in [1.82, 2.24) is 19.6 Å². The fourth-order valence-corrected chi connectivity index (χ4v) is 4.94. The van der Waals surface area contributed by atoms with Crippen molar-refractivity contribution in [2.45, 2.75) is 26.7 Å². The standard InChI is InChI=1S/C25H31ClN6O3/c1-16-5-4-6-20(26)23(16)24(34)27-19-9-7-18(8-10-19)21-15-22(30(3)29-21)28-25(35)32-13-11-31(12-14-32)17(2)33/h6-10,15-16,23H,4-5,11-14H2,1-3H3,(H,27,34)(H,28,35). The average molecular weight is 499 g/mol. The number of carbonyl (C=O) groups is 3. The molecule has 2 aliphatic rings. The number of carbonyl (C=O) groups excluding carboxylic acids is 3. The second-order valence-electron chi connectivity index (χ2n) is 9.15. The molecule has 0 radical (unpaired) electrons. The van der Waals surface area contributed by atoms with Crippen molar-refractivity contribution in [2.24, 2.45) is 18.9 Å². The van der Waals surface area contributed by atoms with Crippen LogP contribution in [0.1, 0.15) is 26.7 Å². The molecule has 1 saturated heterocycles. The zero-order chi connectivity index (χ0) is 25.1. The Labute approximate surface area is 210 Å². The van der Waals surface area contributed by atoms with Gasteiger partial charge in [0, 0.05) is 62.5 Å². The van der Waals surface area contributed by atoms with Gasteiger partial charge in [-0.15, -0.1) is 0 Å². The molecule has 1 aromatic carbocycles. The van der Waals surface area contributed by atoms with E-state index in [0.717, 1.165) is 18.4 Å². The number of hydrogen-bond donors (Lipinski definition) is 2. The minimum absolute atomic E-state index is 0.0242. The van der Waals surface area contributed by atoms with Gasteiger partial charge in [-0.05, 0) is 30.9 Å². The van der Waals surface area contributed by atoms with Gasteiger partial charge < -0.3 is 15.1 Å². The molecule has 0 bridgehead atoms. The highest BCUT2D eigenvalue weighted by Gasteiger charge is 2.30. The number of aryl methyl sites for hydroxylation is 1. The van der Waals surface area contributed by atoms with E-state index >= 15 is 0 Å². The minimum atomic E-state index is -0.322. The van der Waals surface area contributed by atoms with Gasteiger partial charge >= 0.3 is 6.03 Å². The van der Waals surface area contributed by atoms with Crippen molar-refractivity contribution >= 4 is 41.0 Å². The summed E-state index contributed by atoms with van der Waals surface area (Å²) in [5, 5.41) is 11.0. The predicted molar refractivity (Wildman–Crippen MR) is 136 cm³/mol. The Hall–Kier alpha value is -3.33. The normalized spacial score (nSPS) is 20.3. The second kappa shape index (κ2) is 10.5. The van der Waals surface area contributed by atoms with E-state index in [4.69, 9.17) is 11.6 Å². The Bertz CT molecular complexity index is 1130. The maximum Gasteiger partial charge on any atom is 0.323 e. The summed E-state index contributed by atoms with van der Waals surface area (Å²) >= 11 is 6.31. The zero-order valence-electron chi connectivity index (χ0n) is 20.3. The summed E-state index contributed by atoms with van der Waals surface area (Å²) < 4.78 is 1.62. The number of rotatable bonds is 4. The van der Waals surface area contributed by atoms with Crippen LogP contribution in [0, 0.1) is 11.8 Å². The number of halogens is 1. The van der Waals surface area contributed by atoms with Crippen LogP contribution >= 0.6 is 11.6 Å². The van der Waals surface area contributed by atoms with Gasteiger partial charge in [0.05, 0.1) is 11.6 Å². The van der Waals surface area contributed by atoms with E-state index in [0.29, 0.717) is 48.4 Å². The topological polar surface area (TPSA) is 99.6 Å². The lowest BCUT2D eigenvalue weighted by atomic mass is 9.84. The van der Waals surface area contributed by atoms with Gasteiger partial charge in [0.2, 0.25) is 11.8 Å². The zero-order valence-corrected chi connectivity index (χ0v) is 21.0. The van der Waals surface area contributed by atoms with Crippen LogP contribution in [0.5, 0.6) is 0 Å². The molecule has 2 heterocycles. The van der Waals surface area contributed by atoms with E-state index in [2.05, 4.69) is 15.7 Å². The van der Waals surface area contributed by atoms with Crippen LogP contribution in [0.15, 0.2) is 41.4 Å². The Morgan fingerprint density at radius 3 is 2.31 bits per heavy atom. The van der Waals surface area contributed by atoms with Gasteiger partial charge in [-0.2, -0.15) is 5.10 Å². The predicted octanol–water partition coefficient (Wildman–Crippen LogP) is 3.89. The summed E-state index contributed by atoms with van der Waals surface area (Å²) in [6, 6.07) is 9.02. The van der Waals surface area contributed by atoms with Gasteiger partial charge in [0.1, 0.15) is 5.82 Å². The number of nitrogens with zero attached hydrogens (tertiary/aromatic N) is 4. The number of benzene rings is 1. The molecule has 2 atom stereocenters. The molecule has 9 nitrogen and oxygen atoms in total. The van der Waals surface area contributed by atoms with Gasteiger partial charge in [0.25, 0.3) is 0 Å². The van der Waals surface area contributed by atoms with Gasteiger partial charge in [-0.25, -0.2) is 4.79 Å². The molecule has 10 heteroatoms. The van der Waals surface area contributed by atoms with E-state index in [1.807, 2.05) is 43.3 Å². The third-order valence-electron chi connectivity index (χ3n) is 6.69. The van der Waals surface area contributed by atoms with Crippen LogP contribution in [-0.4, -0.2) is 63.6 Å². The van der Waals surface area contributed by atoms with Crippen LogP contribution in [0.25, 0.3) is 11.3 Å². The number of aromatic nitrogens is 2. The maximum absolute atomic E-state index is 12.8. The fourth-order valence-electron chi connectivity index (χ4n) is 4.52.